The Balaban J connectivity index is 2.19. The van der Waals surface area contributed by atoms with E-state index in [2.05, 4.69) is 10.9 Å². The molecule has 13 heavy (non-hydrogen) atoms. The van der Waals surface area contributed by atoms with Crippen LogP contribution < -0.4 is 16.6 Å². The lowest BCUT2D eigenvalue weighted by atomic mass is 10.1. The maximum absolute atomic E-state index is 8.98. The molecule has 0 aromatic carbocycles. The van der Waals surface area contributed by atoms with E-state index in [0.29, 0.717) is 13.2 Å². The molecule has 1 fully saturated rings. The highest BCUT2D eigenvalue weighted by atomic mass is 16.5. The number of hydrogen-bond donors (Lipinski definition) is 4. The molecular formula is C8H19N3O2. The zero-order valence-corrected chi connectivity index (χ0v) is 7.99. The van der Waals surface area contributed by atoms with Gasteiger partial charge in [0.1, 0.15) is 0 Å². The molecule has 0 amide bonds. The minimum atomic E-state index is -0.0417. The maximum Gasteiger partial charge on any atom is 0.0676 e. The topological polar surface area (TPSA) is 79.5 Å². The molecule has 5 heteroatoms. The summed E-state index contributed by atoms with van der Waals surface area (Å²) in [7, 11) is 0. The fraction of sp³-hybridized carbons (Fsp3) is 1.00. The number of ether oxygens (including phenoxy) is 1. The zero-order valence-electron chi connectivity index (χ0n) is 7.99. The maximum atomic E-state index is 8.98. The molecule has 3 atom stereocenters. The molecule has 5 N–H and O–H groups in total. The van der Waals surface area contributed by atoms with Crippen LogP contribution in [0.3, 0.4) is 0 Å². The Morgan fingerprint density at radius 2 is 2.38 bits per heavy atom. The molecule has 1 saturated heterocycles. The van der Waals surface area contributed by atoms with Crippen molar-refractivity contribution in [3.05, 3.63) is 0 Å². The summed E-state index contributed by atoms with van der Waals surface area (Å²) >= 11 is 0. The van der Waals surface area contributed by atoms with Crippen molar-refractivity contribution in [2.45, 2.75) is 25.6 Å². The third kappa shape index (κ3) is 3.21. The second kappa shape index (κ2) is 5.51. The van der Waals surface area contributed by atoms with E-state index >= 15 is 0 Å². The normalized spacial score (nSPS) is 30.7. The Labute approximate surface area is 78.6 Å². The summed E-state index contributed by atoms with van der Waals surface area (Å²) < 4.78 is 5.22. The third-order valence-corrected chi connectivity index (χ3v) is 2.33. The summed E-state index contributed by atoms with van der Waals surface area (Å²) in [5, 5.41) is 8.98. The van der Waals surface area contributed by atoms with E-state index in [1.807, 2.05) is 6.92 Å². The molecule has 0 spiro atoms. The second-order valence-corrected chi connectivity index (χ2v) is 3.39. The Bertz CT molecular complexity index is 145. The average Bonchev–Trinajstić information content (AvgIpc) is 2.61. The van der Waals surface area contributed by atoms with Crippen LogP contribution in [0.5, 0.6) is 0 Å². The minimum absolute atomic E-state index is 0.0417. The molecule has 0 radical (unpaired) electrons. The molecule has 0 aliphatic carbocycles. The van der Waals surface area contributed by atoms with Crippen molar-refractivity contribution < 1.29 is 9.84 Å². The summed E-state index contributed by atoms with van der Waals surface area (Å²) in [6.07, 6.45) is 0.824. The number of nitrogens with one attached hydrogen (secondary N) is 2. The van der Waals surface area contributed by atoms with Crippen LogP contribution in [-0.4, -0.2) is 37.1 Å². The van der Waals surface area contributed by atoms with E-state index in [1.54, 1.807) is 0 Å². The first kappa shape index (κ1) is 10.9. The molecule has 1 heterocycles. The zero-order chi connectivity index (χ0) is 9.68. The second-order valence-electron chi connectivity index (χ2n) is 3.39. The van der Waals surface area contributed by atoms with Crippen molar-refractivity contribution >= 4 is 0 Å². The Morgan fingerprint density at radius 3 is 3.00 bits per heavy atom. The van der Waals surface area contributed by atoms with Gasteiger partial charge >= 0.3 is 0 Å². The number of nitrogens with two attached hydrogens (primary N) is 1. The van der Waals surface area contributed by atoms with Crippen molar-refractivity contribution in [1.29, 1.82) is 0 Å². The molecular weight excluding hydrogens is 170 g/mol. The third-order valence-electron chi connectivity index (χ3n) is 2.33. The first-order valence-electron chi connectivity index (χ1n) is 4.73. The SMILES string of the molecule is CC[C@H](N)NNC1COCC1CO. The van der Waals surface area contributed by atoms with Gasteiger partial charge in [-0.05, 0) is 6.42 Å². The van der Waals surface area contributed by atoms with Crippen LogP contribution in [0.25, 0.3) is 0 Å². The van der Waals surface area contributed by atoms with Crippen LogP contribution in [0.1, 0.15) is 13.3 Å². The van der Waals surface area contributed by atoms with Gasteiger partial charge in [-0.1, -0.05) is 6.92 Å². The smallest absolute Gasteiger partial charge is 0.0676 e. The van der Waals surface area contributed by atoms with E-state index in [-0.39, 0.29) is 24.7 Å². The molecule has 1 rings (SSSR count). The molecule has 2 unspecified atom stereocenters. The number of rotatable bonds is 5. The molecule has 5 nitrogen and oxygen atoms in total. The molecule has 78 valence electrons. The number of hydrogen-bond acceptors (Lipinski definition) is 5. The monoisotopic (exact) mass is 189 g/mol. The van der Waals surface area contributed by atoms with E-state index in [9.17, 15) is 0 Å². The van der Waals surface area contributed by atoms with Crippen LogP contribution in [0.2, 0.25) is 0 Å². The van der Waals surface area contributed by atoms with Gasteiger partial charge in [0.25, 0.3) is 0 Å². The van der Waals surface area contributed by atoms with Gasteiger partial charge < -0.3 is 15.6 Å². The Kier molecular flexibility index (Phi) is 4.61. The van der Waals surface area contributed by atoms with E-state index in [0.717, 1.165) is 6.42 Å². The van der Waals surface area contributed by atoms with Gasteiger partial charge in [-0.15, -0.1) is 0 Å². The molecule has 0 aromatic heterocycles. The van der Waals surface area contributed by atoms with Gasteiger partial charge in [0, 0.05) is 12.5 Å². The first-order chi connectivity index (χ1) is 6.27. The van der Waals surface area contributed by atoms with Crippen LogP contribution in [-0.2, 0) is 4.74 Å². The highest BCUT2D eigenvalue weighted by molar-refractivity contribution is 4.79. The van der Waals surface area contributed by atoms with Gasteiger partial charge in [0.15, 0.2) is 0 Å². The first-order valence-corrected chi connectivity index (χ1v) is 4.73. The fourth-order valence-electron chi connectivity index (χ4n) is 1.25. The lowest BCUT2D eigenvalue weighted by molar-refractivity contribution is 0.160. The van der Waals surface area contributed by atoms with Gasteiger partial charge in [-0.25, -0.2) is 5.43 Å². The van der Waals surface area contributed by atoms with Gasteiger partial charge in [0.2, 0.25) is 0 Å². The van der Waals surface area contributed by atoms with Crippen molar-refractivity contribution in [2.24, 2.45) is 11.7 Å². The molecule has 1 aliphatic heterocycles. The van der Waals surface area contributed by atoms with Crippen molar-refractivity contribution in [2.75, 3.05) is 19.8 Å². The molecule has 0 bridgehead atoms. The van der Waals surface area contributed by atoms with E-state index in [4.69, 9.17) is 15.6 Å². The summed E-state index contributed by atoms with van der Waals surface area (Å²) in [5.41, 5.74) is 11.7. The van der Waals surface area contributed by atoms with Crippen LogP contribution in [0.4, 0.5) is 0 Å². The van der Waals surface area contributed by atoms with Crippen LogP contribution >= 0.6 is 0 Å². The van der Waals surface area contributed by atoms with Crippen LogP contribution in [0.15, 0.2) is 0 Å². The van der Waals surface area contributed by atoms with Crippen molar-refractivity contribution in [3.63, 3.8) is 0 Å². The number of aliphatic hydroxyl groups is 1. The molecule has 0 aromatic rings. The quantitative estimate of drug-likeness (QED) is 0.322. The summed E-state index contributed by atoms with van der Waals surface area (Å²) in [6.45, 7) is 3.42. The number of hydrazine groups is 1. The Morgan fingerprint density at radius 1 is 1.62 bits per heavy atom. The van der Waals surface area contributed by atoms with Crippen molar-refractivity contribution in [3.8, 4) is 0 Å². The standard InChI is InChI=1S/C8H19N3O2/c1-2-8(9)11-10-7-5-13-4-6(7)3-12/h6-8,10-12H,2-5,9H2,1H3/t6?,7?,8-/m1/s1. The summed E-state index contributed by atoms with van der Waals surface area (Å²) in [4.78, 5) is 0. The highest BCUT2D eigenvalue weighted by Gasteiger charge is 2.27. The predicted molar refractivity (Wildman–Crippen MR) is 49.7 cm³/mol. The molecule has 0 saturated carbocycles. The van der Waals surface area contributed by atoms with Gasteiger partial charge in [-0.3, -0.25) is 5.43 Å². The van der Waals surface area contributed by atoms with E-state index in [1.165, 1.54) is 0 Å². The Hall–Kier alpha value is -0.200. The molecule has 1 aliphatic rings. The number of aliphatic hydroxyl groups excluding tert-OH is 1. The van der Waals surface area contributed by atoms with Crippen LogP contribution in [0, 0.1) is 5.92 Å². The largest absolute Gasteiger partial charge is 0.396 e. The minimum Gasteiger partial charge on any atom is -0.396 e. The van der Waals surface area contributed by atoms with Gasteiger partial charge in [0.05, 0.1) is 25.4 Å². The average molecular weight is 189 g/mol. The lowest BCUT2D eigenvalue weighted by Crippen LogP contribution is -2.52. The summed E-state index contributed by atoms with van der Waals surface area (Å²) in [6, 6.07) is 0.169. The highest BCUT2D eigenvalue weighted by Crippen LogP contribution is 2.11. The summed E-state index contributed by atoms with van der Waals surface area (Å²) in [5.74, 6) is 0.177. The van der Waals surface area contributed by atoms with Gasteiger partial charge in [-0.2, -0.15) is 0 Å². The van der Waals surface area contributed by atoms with E-state index < -0.39 is 0 Å². The lowest BCUT2D eigenvalue weighted by Gasteiger charge is -2.20. The van der Waals surface area contributed by atoms with Crippen molar-refractivity contribution in [1.82, 2.24) is 10.9 Å². The predicted octanol–water partition coefficient (Wildman–Crippen LogP) is -1.22. The fourth-order valence-corrected chi connectivity index (χ4v) is 1.25.